The Balaban J connectivity index is 0. The first-order chi connectivity index (χ1) is 6.21. The number of nitrogens with one attached hydrogen (secondary N) is 2. The van der Waals surface area contributed by atoms with Crippen molar-refractivity contribution in [2.45, 2.75) is 52.6 Å². The van der Waals surface area contributed by atoms with Crippen LogP contribution in [-0.4, -0.2) is 28.6 Å². The molecule has 0 saturated heterocycles. The lowest BCUT2D eigenvalue weighted by Gasteiger charge is -2.28. The molecule has 0 aliphatic rings. The van der Waals surface area contributed by atoms with E-state index < -0.39 is 10.4 Å². The van der Waals surface area contributed by atoms with E-state index in [-0.39, 0.29) is 11.1 Å². The maximum atomic E-state index is 8.74. The molecule has 0 rings (SSSR count). The summed E-state index contributed by atoms with van der Waals surface area (Å²) < 4.78 is 31.6. The first-order valence-corrected chi connectivity index (χ1v) is 5.85. The van der Waals surface area contributed by atoms with Crippen LogP contribution < -0.4 is 10.9 Å². The Morgan fingerprint density at radius 1 is 0.800 bits per heavy atom. The van der Waals surface area contributed by atoms with Crippen molar-refractivity contribution in [3.8, 4) is 0 Å². The summed E-state index contributed by atoms with van der Waals surface area (Å²) in [5.41, 5.74) is 6.72. The molecule has 7 heteroatoms. The summed E-state index contributed by atoms with van der Waals surface area (Å²) in [4.78, 5) is 0. The van der Waals surface area contributed by atoms with Gasteiger partial charge in [-0.15, -0.1) is 0 Å². The number of hydrogen-bond acceptors (Lipinski definition) is 4. The molecule has 0 spiro atoms. The molecule has 15 heavy (non-hydrogen) atoms. The van der Waals surface area contributed by atoms with Crippen molar-refractivity contribution in [3.63, 3.8) is 0 Å². The average molecular weight is 242 g/mol. The molecule has 0 bridgehead atoms. The van der Waals surface area contributed by atoms with Gasteiger partial charge in [0.05, 0.1) is 0 Å². The van der Waals surface area contributed by atoms with Gasteiger partial charge in [0.2, 0.25) is 0 Å². The molecule has 4 N–H and O–H groups in total. The van der Waals surface area contributed by atoms with Crippen molar-refractivity contribution in [1.29, 1.82) is 0 Å². The normalized spacial score (nSPS) is 13.1. The number of hydrazine groups is 1. The Bertz CT molecular complexity index is 239. The summed E-state index contributed by atoms with van der Waals surface area (Å²) in [7, 11) is -4.67. The van der Waals surface area contributed by atoms with E-state index in [9.17, 15) is 0 Å². The van der Waals surface area contributed by atoms with Crippen LogP contribution in [0.5, 0.6) is 0 Å². The third-order valence-corrected chi connectivity index (χ3v) is 0.812. The molecule has 6 nitrogen and oxygen atoms in total. The van der Waals surface area contributed by atoms with E-state index in [0.717, 1.165) is 0 Å². The van der Waals surface area contributed by atoms with Crippen molar-refractivity contribution in [2.24, 2.45) is 0 Å². The quantitative estimate of drug-likeness (QED) is 0.405. The minimum Gasteiger partial charge on any atom is -0.264 e. The van der Waals surface area contributed by atoms with Gasteiger partial charge in [0.1, 0.15) is 0 Å². The van der Waals surface area contributed by atoms with Crippen LogP contribution in [0.4, 0.5) is 0 Å². The summed E-state index contributed by atoms with van der Waals surface area (Å²) in [5.74, 6) is 0. The summed E-state index contributed by atoms with van der Waals surface area (Å²) in [6.45, 7) is 12.8. The second-order valence-electron chi connectivity index (χ2n) is 5.20. The molecule has 0 aliphatic carbocycles. The van der Waals surface area contributed by atoms with Crippen LogP contribution in [0.2, 0.25) is 0 Å². The van der Waals surface area contributed by atoms with E-state index in [1.54, 1.807) is 0 Å². The van der Waals surface area contributed by atoms with E-state index in [4.69, 9.17) is 17.5 Å². The third-order valence-electron chi connectivity index (χ3n) is 0.812. The van der Waals surface area contributed by atoms with Crippen LogP contribution in [0.15, 0.2) is 0 Å². The van der Waals surface area contributed by atoms with Crippen LogP contribution >= 0.6 is 0 Å². The van der Waals surface area contributed by atoms with Crippen molar-refractivity contribution in [3.05, 3.63) is 0 Å². The first kappa shape index (κ1) is 17.2. The van der Waals surface area contributed by atoms with E-state index in [0.29, 0.717) is 0 Å². The lowest BCUT2D eigenvalue weighted by molar-refractivity contribution is 0.275. The number of hydrogen-bond donors (Lipinski definition) is 4. The van der Waals surface area contributed by atoms with E-state index in [1.165, 1.54) is 0 Å². The van der Waals surface area contributed by atoms with Gasteiger partial charge in [-0.25, -0.2) is 0 Å². The monoisotopic (exact) mass is 242 g/mol. The summed E-state index contributed by atoms with van der Waals surface area (Å²) in [5, 5.41) is 0. The van der Waals surface area contributed by atoms with Gasteiger partial charge in [0, 0.05) is 11.1 Å². The van der Waals surface area contributed by atoms with Gasteiger partial charge in [-0.2, -0.15) is 8.42 Å². The molecule has 0 saturated carbocycles. The fourth-order valence-electron chi connectivity index (χ4n) is 0.375. The lowest BCUT2D eigenvalue weighted by atomic mass is 10.1. The van der Waals surface area contributed by atoms with Gasteiger partial charge < -0.3 is 0 Å². The molecule has 0 aliphatic heterocycles. The standard InChI is InChI=1S/C8H20N2.H2O4S/c1-7(2,3)9-10-8(4,5)6;1-5(2,3)4/h9-10H,1-6H3;(H2,1,2,3,4). The molecular formula is C8H22N2O4S. The van der Waals surface area contributed by atoms with Gasteiger partial charge in [0.25, 0.3) is 0 Å². The van der Waals surface area contributed by atoms with Crippen molar-refractivity contribution in [2.75, 3.05) is 0 Å². The van der Waals surface area contributed by atoms with Gasteiger partial charge in [-0.3, -0.25) is 20.0 Å². The first-order valence-electron chi connectivity index (χ1n) is 4.45. The molecule has 0 unspecified atom stereocenters. The van der Waals surface area contributed by atoms with Crippen molar-refractivity contribution < 1.29 is 17.5 Å². The zero-order valence-corrected chi connectivity index (χ0v) is 10.9. The second kappa shape index (κ2) is 5.76. The minimum absolute atomic E-state index is 0.146. The summed E-state index contributed by atoms with van der Waals surface area (Å²) in [6, 6.07) is 0. The van der Waals surface area contributed by atoms with Crippen LogP contribution in [0, 0.1) is 0 Å². The van der Waals surface area contributed by atoms with E-state index >= 15 is 0 Å². The van der Waals surface area contributed by atoms with Gasteiger partial charge in [0.15, 0.2) is 0 Å². The zero-order valence-electron chi connectivity index (χ0n) is 10.1. The highest BCUT2D eigenvalue weighted by molar-refractivity contribution is 7.79. The van der Waals surface area contributed by atoms with Crippen LogP contribution in [-0.2, 0) is 10.4 Å². The lowest BCUT2D eigenvalue weighted by Crippen LogP contribution is -2.53. The van der Waals surface area contributed by atoms with Gasteiger partial charge in [-0.1, -0.05) is 0 Å². The highest BCUT2D eigenvalue weighted by Gasteiger charge is 2.13. The number of rotatable bonds is 1. The fraction of sp³-hybridized carbons (Fsp3) is 1.00. The maximum Gasteiger partial charge on any atom is 0.394 e. The van der Waals surface area contributed by atoms with Crippen LogP contribution in [0.1, 0.15) is 41.5 Å². The molecule has 94 valence electrons. The molecule has 0 radical (unpaired) electrons. The highest BCUT2D eigenvalue weighted by atomic mass is 32.3. The summed E-state index contributed by atoms with van der Waals surface area (Å²) in [6.07, 6.45) is 0. The average Bonchev–Trinajstić information content (AvgIpc) is 1.76. The largest absolute Gasteiger partial charge is 0.394 e. The molecule has 0 aromatic rings. The molecule has 0 amide bonds. The SMILES string of the molecule is CC(C)(C)NNC(C)(C)C.O=S(=O)(O)O. The molecule has 0 atom stereocenters. The Hall–Kier alpha value is -0.210. The zero-order chi connectivity index (χ0) is 12.9. The second-order valence-corrected chi connectivity index (χ2v) is 6.09. The Labute approximate surface area is 92.0 Å². The van der Waals surface area contributed by atoms with Crippen LogP contribution in [0.3, 0.4) is 0 Å². The molecular weight excluding hydrogens is 220 g/mol. The Morgan fingerprint density at radius 2 is 0.933 bits per heavy atom. The van der Waals surface area contributed by atoms with E-state index in [2.05, 4.69) is 52.4 Å². The van der Waals surface area contributed by atoms with Crippen molar-refractivity contribution >= 4 is 10.4 Å². The maximum absolute atomic E-state index is 8.74. The fourth-order valence-corrected chi connectivity index (χ4v) is 0.375. The smallest absolute Gasteiger partial charge is 0.264 e. The highest BCUT2D eigenvalue weighted by Crippen LogP contribution is 2.00. The van der Waals surface area contributed by atoms with E-state index in [1.807, 2.05) is 0 Å². The molecule has 0 aromatic heterocycles. The van der Waals surface area contributed by atoms with Crippen LogP contribution in [0.25, 0.3) is 0 Å². The predicted molar refractivity (Wildman–Crippen MR) is 60.0 cm³/mol. The Kier molecular flexibility index (Phi) is 6.60. The van der Waals surface area contributed by atoms with Gasteiger partial charge >= 0.3 is 10.4 Å². The molecule has 0 heterocycles. The predicted octanol–water partition coefficient (Wildman–Crippen LogP) is 1.02. The topological polar surface area (TPSA) is 98.7 Å². The van der Waals surface area contributed by atoms with Gasteiger partial charge in [-0.05, 0) is 41.5 Å². The third kappa shape index (κ3) is 41.6. The van der Waals surface area contributed by atoms with Crippen molar-refractivity contribution in [1.82, 2.24) is 10.9 Å². The Morgan fingerprint density at radius 3 is 1.00 bits per heavy atom. The molecule has 0 fully saturated rings. The molecule has 0 aromatic carbocycles. The summed E-state index contributed by atoms with van der Waals surface area (Å²) >= 11 is 0. The minimum atomic E-state index is -4.67.